The predicted molar refractivity (Wildman–Crippen MR) is 93.3 cm³/mol. The summed E-state index contributed by atoms with van der Waals surface area (Å²) in [6, 6.07) is 5.46. The molecule has 0 amide bonds. The Labute approximate surface area is 153 Å². The molecule has 1 aromatic rings. The molecule has 0 spiro atoms. The molecule has 26 heavy (non-hydrogen) atoms. The highest BCUT2D eigenvalue weighted by Gasteiger charge is 2.13. The van der Waals surface area contributed by atoms with Gasteiger partial charge in [-0.2, -0.15) is 0 Å². The first kappa shape index (κ1) is 24.0. The van der Waals surface area contributed by atoms with Crippen molar-refractivity contribution in [1.29, 1.82) is 0 Å². The van der Waals surface area contributed by atoms with Gasteiger partial charge in [-0.15, -0.1) is 0 Å². The number of hydrogen-bond acceptors (Lipinski definition) is 8. The monoisotopic (exact) mass is 372 g/mol. The van der Waals surface area contributed by atoms with Gasteiger partial charge >= 0.3 is 11.9 Å². The molecule has 0 saturated heterocycles. The van der Waals surface area contributed by atoms with Gasteiger partial charge < -0.3 is 29.9 Å². The lowest BCUT2D eigenvalue weighted by molar-refractivity contribution is -0.0538. The first-order valence-corrected chi connectivity index (χ1v) is 8.41. The summed E-state index contributed by atoms with van der Waals surface area (Å²) in [6.45, 7) is 2.37. The van der Waals surface area contributed by atoms with Crippen molar-refractivity contribution in [2.45, 2.75) is 52.1 Å². The van der Waals surface area contributed by atoms with Crippen LogP contribution in [0, 0.1) is 0 Å². The molecule has 2 atom stereocenters. The van der Waals surface area contributed by atoms with Gasteiger partial charge in [-0.1, -0.05) is 25.7 Å². The molecular weight excluding hydrogens is 344 g/mol. The number of aliphatic hydroxyl groups is 4. The van der Waals surface area contributed by atoms with Crippen LogP contribution in [0.3, 0.4) is 0 Å². The standard InChI is InChI=1S/C12H14O6.C4H8.C2H6O2/c1-7(13)17-11(15)9-3-5-10(6-4-9)12(16)18-8(2)14;1-2-4-3-1;3-1-2-4/h3-8,13-14H,1-2H3;1-4H2;3-4H,1-2H2. The van der Waals surface area contributed by atoms with E-state index in [1.165, 1.54) is 63.8 Å². The van der Waals surface area contributed by atoms with Gasteiger partial charge in [0, 0.05) is 0 Å². The fourth-order valence-electron chi connectivity index (χ4n) is 1.44. The Balaban J connectivity index is 0.000000642. The third kappa shape index (κ3) is 11.5. The summed E-state index contributed by atoms with van der Waals surface area (Å²) in [5.41, 5.74) is 0.397. The average Bonchev–Trinajstić information content (AvgIpc) is 2.52. The Morgan fingerprint density at radius 2 is 1.08 bits per heavy atom. The van der Waals surface area contributed by atoms with Crippen LogP contribution in [0.4, 0.5) is 0 Å². The quantitative estimate of drug-likeness (QED) is 0.448. The third-order valence-electron chi connectivity index (χ3n) is 3.01. The van der Waals surface area contributed by atoms with Crippen molar-refractivity contribution in [3.63, 3.8) is 0 Å². The maximum atomic E-state index is 11.4. The van der Waals surface area contributed by atoms with E-state index < -0.39 is 24.5 Å². The lowest BCUT2D eigenvalue weighted by Gasteiger charge is -2.08. The van der Waals surface area contributed by atoms with Crippen LogP contribution in [0.5, 0.6) is 0 Å². The number of hydrogen-bond donors (Lipinski definition) is 4. The van der Waals surface area contributed by atoms with Crippen LogP contribution in [0.1, 0.15) is 60.2 Å². The zero-order valence-electron chi connectivity index (χ0n) is 15.1. The highest BCUT2D eigenvalue weighted by atomic mass is 16.6. The number of carbonyl (C=O) groups is 2. The first-order chi connectivity index (χ1) is 12.3. The second-order valence-electron chi connectivity index (χ2n) is 5.45. The summed E-state index contributed by atoms with van der Waals surface area (Å²) in [5.74, 6) is -1.39. The number of esters is 2. The first-order valence-electron chi connectivity index (χ1n) is 8.41. The van der Waals surface area contributed by atoms with E-state index in [0.29, 0.717) is 0 Å². The van der Waals surface area contributed by atoms with Gasteiger partial charge in [0.05, 0.1) is 24.3 Å². The van der Waals surface area contributed by atoms with E-state index in [9.17, 15) is 9.59 Å². The molecule has 1 aliphatic rings. The van der Waals surface area contributed by atoms with Crippen molar-refractivity contribution in [2.75, 3.05) is 13.2 Å². The van der Waals surface area contributed by atoms with Crippen LogP contribution in [-0.4, -0.2) is 58.2 Å². The topological polar surface area (TPSA) is 134 Å². The van der Waals surface area contributed by atoms with E-state index in [2.05, 4.69) is 9.47 Å². The molecule has 8 heteroatoms. The number of benzene rings is 1. The van der Waals surface area contributed by atoms with Gasteiger partial charge in [0.25, 0.3) is 0 Å². The van der Waals surface area contributed by atoms with Crippen LogP contribution in [0.15, 0.2) is 24.3 Å². The van der Waals surface area contributed by atoms with Gasteiger partial charge in [0.2, 0.25) is 0 Å². The highest BCUT2D eigenvalue weighted by molar-refractivity contribution is 5.93. The summed E-state index contributed by atoms with van der Waals surface area (Å²) in [7, 11) is 0. The lowest BCUT2D eigenvalue weighted by atomic mass is 10.0. The fraction of sp³-hybridized carbons (Fsp3) is 0.556. The Bertz CT molecular complexity index is 459. The third-order valence-corrected chi connectivity index (χ3v) is 3.01. The predicted octanol–water partition coefficient (Wildman–Crippen LogP) is 1.21. The van der Waals surface area contributed by atoms with Crippen LogP contribution in [-0.2, 0) is 9.47 Å². The molecule has 0 aromatic heterocycles. The molecule has 0 radical (unpaired) electrons. The molecule has 1 fully saturated rings. The molecule has 2 rings (SSSR count). The molecule has 2 unspecified atom stereocenters. The normalized spacial score (nSPS) is 14.2. The number of carbonyl (C=O) groups excluding carboxylic acids is 2. The average molecular weight is 372 g/mol. The van der Waals surface area contributed by atoms with Crippen LogP contribution < -0.4 is 0 Å². The zero-order chi connectivity index (χ0) is 19.9. The van der Waals surface area contributed by atoms with Crippen LogP contribution in [0.25, 0.3) is 0 Å². The van der Waals surface area contributed by atoms with Gasteiger partial charge in [0.1, 0.15) is 0 Å². The smallest absolute Gasteiger partial charge is 0.340 e. The Morgan fingerprint density at radius 1 is 0.808 bits per heavy atom. The van der Waals surface area contributed by atoms with Crippen molar-refractivity contribution < 1.29 is 39.5 Å². The van der Waals surface area contributed by atoms with E-state index in [4.69, 9.17) is 20.4 Å². The summed E-state index contributed by atoms with van der Waals surface area (Å²) in [5, 5.41) is 33.0. The summed E-state index contributed by atoms with van der Waals surface area (Å²) < 4.78 is 9.12. The van der Waals surface area contributed by atoms with Crippen LogP contribution in [0.2, 0.25) is 0 Å². The molecule has 1 aliphatic carbocycles. The van der Waals surface area contributed by atoms with Crippen molar-refractivity contribution in [3.05, 3.63) is 35.4 Å². The van der Waals surface area contributed by atoms with Crippen molar-refractivity contribution in [3.8, 4) is 0 Å². The van der Waals surface area contributed by atoms with E-state index in [0.717, 1.165) is 0 Å². The second kappa shape index (κ2) is 14.2. The zero-order valence-corrected chi connectivity index (χ0v) is 15.1. The summed E-state index contributed by atoms with van der Waals surface area (Å²) in [4.78, 5) is 22.8. The summed E-state index contributed by atoms with van der Waals surface area (Å²) >= 11 is 0. The number of aliphatic hydroxyl groups excluding tert-OH is 4. The largest absolute Gasteiger partial charge is 0.433 e. The van der Waals surface area contributed by atoms with E-state index in [1.54, 1.807) is 0 Å². The van der Waals surface area contributed by atoms with E-state index in [-0.39, 0.29) is 24.3 Å². The lowest BCUT2D eigenvalue weighted by Crippen LogP contribution is -2.15. The van der Waals surface area contributed by atoms with Crippen LogP contribution >= 0.6 is 0 Å². The molecule has 4 N–H and O–H groups in total. The maximum Gasteiger partial charge on any atom is 0.340 e. The van der Waals surface area contributed by atoms with Crippen molar-refractivity contribution in [1.82, 2.24) is 0 Å². The molecule has 0 heterocycles. The van der Waals surface area contributed by atoms with Gasteiger partial charge in [0.15, 0.2) is 12.6 Å². The Hall–Kier alpha value is -2.00. The van der Waals surface area contributed by atoms with E-state index >= 15 is 0 Å². The molecule has 1 aromatic carbocycles. The molecule has 148 valence electrons. The number of ether oxygens (including phenoxy) is 2. The minimum absolute atomic E-state index is 0.125. The van der Waals surface area contributed by atoms with E-state index in [1.807, 2.05) is 0 Å². The Morgan fingerprint density at radius 3 is 1.23 bits per heavy atom. The van der Waals surface area contributed by atoms with Gasteiger partial charge in [-0.05, 0) is 38.1 Å². The molecule has 1 saturated carbocycles. The minimum atomic E-state index is -1.20. The van der Waals surface area contributed by atoms with Crippen molar-refractivity contribution >= 4 is 11.9 Å². The minimum Gasteiger partial charge on any atom is -0.433 e. The fourth-order valence-corrected chi connectivity index (χ4v) is 1.44. The second-order valence-corrected chi connectivity index (χ2v) is 5.45. The maximum absolute atomic E-state index is 11.4. The highest BCUT2D eigenvalue weighted by Crippen LogP contribution is 2.15. The SMILES string of the molecule is C1CCC1.CC(O)OC(=O)c1ccc(C(=O)OC(C)O)cc1.OCCO. The molecule has 0 aliphatic heterocycles. The Kier molecular flexibility index (Phi) is 13.1. The van der Waals surface area contributed by atoms with Gasteiger partial charge in [-0.3, -0.25) is 0 Å². The molecule has 8 nitrogen and oxygen atoms in total. The molecular formula is C18H28O8. The van der Waals surface area contributed by atoms with Crippen molar-refractivity contribution in [2.24, 2.45) is 0 Å². The number of rotatable bonds is 5. The molecule has 0 bridgehead atoms. The summed E-state index contributed by atoms with van der Waals surface area (Å²) in [6.07, 6.45) is 3.61. The van der Waals surface area contributed by atoms with Gasteiger partial charge in [-0.25, -0.2) is 9.59 Å².